The minimum absolute atomic E-state index is 0.0551. The quantitative estimate of drug-likeness (QED) is 0.724. The average Bonchev–Trinajstić information content (AvgIpc) is 2.63. The molecule has 0 unspecified atom stereocenters. The van der Waals surface area contributed by atoms with Gasteiger partial charge in [-0.05, 0) is 12.8 Å². The lowest BCUT2D eigenvalue weighted by Crippen LogP contribution is -2.47. The van der Waals surface area contributed by atoms with E-state index in [2.05, 4.69) is 5.01 Å². The van der Waals surface area contributed by atoms with E-state index in [-0.39, 0.29) is 12.6 Å². The summed E-state index contributed by atoms with van der Waals surface area (Å²) in [6, 6.07) is 0.0611. The summed E-state index contributed by atoms with van der Waals surface area (Å²) in [5.41, 5.74) is 0. The maximum Gasteiger partial charge on any atom is 0.334 e. The number of carbonyl (C=O) groups is 1. The van der Waals surface area contributed by atoms with Gasteiger partial charge >= 0.3 is 6.03 Å². The highest BCUT2D eigenvalue weighted by molar-refractivity contribution is 5.75. The molecule has 2 heterocycles. The number of piperidine rings is 1. The van der Waals surface area contributed by atoms with Crippen LogP contribution in [0.25, 0.3) is 0 Å². The molecule has 15 heavy (non-hydrogen) atoms. The summed E-state index contributed by atoms with van der Waals surface area (Å²) < 4.78 is 0. The number of urea groups is 1. The van der Waals surface area contributed by atoms with Gasteiger partial charge in [-0.1, -0.05) is 6.42 Å². The van der Waals surface area contributed by atoms with Crippen molar-refractivity contribution in [1.82, 2.24) is 14.9 Å². The Labute approximate surface area is 90.2 Å². The highest BCUT2D eigenvalue weighted by Gasteiger charge is 2.32. The predicted molar refractivity (Wildman–Crippen MR) is 56.2 cm³/mol. The van der Waals surface area contributed by atoms with Gasteiger partial charge in [0.25, 0.3) is 0 Å². The third-order valence-electron chi connectivity index (χ3n) is 3.12. The van der Waals surface area contributed by atoms with Gasteiger partial charge in [-0.2, -0.15) is 0 Å². The van der Waals surface area contributed by atoms with Crippen molar-refractivity contribution in [2.75, 3.05) is 39.3 Å². The fraction of sp³-hybridized carbons (Fsp3) is 0.900. The van der Waals surface area contributed by atoms with Gasteiger partial charge in [0.05, 0.1) is 13.2 Å². The van der Waals surface area contributed by atoms with Gasteiger partial charge in [0.1, 0.15) is 0 Å². The van der Waals surface area contributed by atoms with Crippen LogP contribution < -0.4 is 0 Å². The average molecular weight is 213 g/mol. The lowest BCUT2D eigenvalue weighted by molar-refractivity contribution is 0.0120. The summed E-state index contributed by atoms with van der Waals surface area (Å²) in [6.45, 7) is 4.04. The molecule has 2 saturated heterocycles. The number of hydrazine groups is 1. The lowest BCUT2D eigenvalue weighted by Gasteiger charge is -2.34. The molecule has 86 valence electrons. The third-order valence-corrected chi connectivity index (χ3v) is 3.12. The molecule has 0 aromatic rings. The Kier molecular flexibility index (Phi) is 3.43. The van der Waals surface area contributed by atoms with Crippen LogP contribution in [-0.2, 0) is 0 Å². The molecule has 0 atom stereocenters. The second-order valence-corrected chi connectivity index (χ2v) is 4.13. The normalized spacial score (nSPS) is 23.9. The topological polar surface area (TPSA) is 47.0 Å². The molecule has 5 heteroatoms. The number of hydrogen-bond acceptors (Lipinski definition) is 3. The van der Waals surface area contributed by atoms with E-state index in [0.717, 1.165) is 26.2 Å². The van der Waals surface area contributed by atoms with Crippen molar-refractivity contribution >= 4 is 6.03 Å². The highest BCUT2D eigenvalue weighted by atomic mass is 16.3. The fourth-order valence-corrected chi connectivity index (χ4v) is 2.28. The van der Waals surface area contributed by atoms with Gasteiger partial charge < -0.3 is 10.0 Å². The molecule has 2 aliphatic heterocycles. The van der Waals surface area contributed by atoms with Gasteiger partial charge in [0, 0.05) is 26.2 Å². The van der Waals surface area contributed by atoms with Gasteiger partial charge in [-0.3, -0.25) is 5.01 Å². The molecule has 0 spiro atoms. The second kappa shape index (κ2) is 4.81. The number of aliphatic hydroxyl groups is 1. The Hall–Kier alpha value is -0.810. The number of amides is 2. The lowest BCUT2D eigenvalue weighted by atomic mass is 10.2. The molecule has 0 aliphatic carbocycles. The summed E-state index contributed by atoms with van der Waals surface area (Å²) in [7, 11) is 0. The number of rotatable bonds is 3. The fourth-order valence-electron chi connectivity index (χ4n) is 2.28. The van der Waals surface area contributed by atoms with E-state index in [0.29, 0.717) is 6.54 Å². The predicted octanol–water partition coefficient (Wildman–Crippen LogP) is 0.117. The standard InChI is InChI=1S/C10H19N3O2/c14-9-8-11-6-7-13(10(11)15)12-4-2-1-3-5-12/h14H,1-9H2. The Morgan fingerprint density at radius 3 is 2.47 bits per heavy atom. The van der Waals surface area contributed by atoms with Crippen LogP contribution in [0.15, 0.2) is 0 Å². The molecule has 2 fully saturated rings. The van der Waals surface area contributed by atoms with E-state index in [1.807, 2.05) is 5.01 Å². The maximum absolute atomic E-state index is 11.9. The molecule has 2 aliphatic rings. The zero-order valence-electron chi connectivity index (χ0n) is 9.06. The molecule has 0 aromatic carbocycles. The summed E-state index contributed by atoms with van der Waals surface area (Å²) in [5, 5.41) is 12.8. The Balaban J connectivity index is 1.90. The van der Waals surface area contributed by atoms with Crippen LogP contribution in [0.5, 0.6) is 0 Å². The first-order valence-corrected chi connectivity index (χ1v) is 5.75. The zero-order chi connectivity index (χ0) is 10.7. The van der Waals surface area contributed by atoms with Crippen molar-refractivity contribution in [3.05, 3.63) is 0 Å². The number of carbonyl (C=O) groups excluding carboxylic acids is 1. The van der Waals surface area contributed by atoms with Crippen LogP contribution in [0.2, 0.25) is 0 Å². The van der Waals surface area contributed by atoms with Crippen LogP contribution in [-0.4, -0.2) is 65.4 Å². The Morgan fingerprint density at radius 2 is 1.80 bits per heavy atom. The summed E-state index contributed by atoms with van der Waals surface area (Å²) >= 11 is 0. The van der Waals surface area contributed by atoms with Crippen LogP contribution >= 0.6 is 0 Å². The summed E-state index contributed by atoms with van der Waals surface area (Å²) in [5.74, 6) is 0. The zero-order valence-corrected chi connectivity index (χ0v) is 9.06. The van der Waals surface area contributed by atoms with E-state index in [1.165, 1.54) is 19.3 Å². The first kappa shape index (κ1) is 10.7. The van der Waals surface area contributed by atoms with Crippen molar-refractivity contribution in [3.63, 3.8) is 0 Å². The minimum atomic E-state index is 0.0551. The van der Waals surface area contributed by atoms with E-state index >= 15 is 0 Å². The van der Waals surface area contributed by atoms with Crippen LogP contribution in [0.4, 0.5) is 4.79 Å². The third kappa shape index (κ3) is 2.23. The Morgan fingerprint density at radius 1 is 1.07 bits per heavy atom. The van der Waals surface area contributed by atoms with Crippen LogP contribution in [0.3, 0.4) is 0 Å². The minimum Gasteiger partial charge on any atom is -0.395 e. The smallest absolute Gasteiger partial charge is 0.334 e. The van der Waals surface area contributed by atoms with Gasteiger partial charge in [0.2, 0.25) is 0 Å². The first-order valence-electron chi connectivity index (χ1n) is 5.75. The molecule has 1 N–H and O–H groups in total. The van der Waals surface area contributed by atoms with E-state index in [1.54, 1.807) is 4.90 Å². The Bertz CT molecular complexity index is 229. The highest BCUT2D eigenvalue weighted by Crippen LogP contribution is 2.16. The van der Waals surface area contributed by atoms with E-state index in [9.17, 15) is 4.79 Å². The monoisotopic (exact) mass is 213 g/mol. The number of β-amino-alcohol motifs (C(OH)–C–C–N with tert-alkyl or cyclic N) is 1. The molecule has 5 nitrogen and oxygen atoms in total. The molecule has 2 amide bonds. The van der Waals surface area contributed by atoms with Crippen molar-refractivity contribution in [2.24, 2.45) is 0 Å². The largest absolute Gasteiger partial charge is 0.395 e. The summed E-state index contributed by atoms with van der Waals surface area (Å²) in [4.78, 5) is 13.6. The number of nitrogens with zero attached hydrogens (tertiary/aromatic N) is 3. The van der Waals surface area contributed by atoms with Crippen molar-refractivity contribution in [1.29, 1.82) is 0 Å². The van der Waals surface area contributed by atoms with E-state index in [4.69, 9.17) is 5.11 Å². The van der Waals surface area contributed by atoms with Crippen molar-refractivity contribution in [2.45, 2.75) is 19.3 Å². The molecular weight excluding hydrogens is 194 g/mol. The van der Waals surface area contributed by atoms with Gasteiger partial charge in [0.15, 0.2) is 0 Å². The molecule has 0 saturated carbocycles. The first-order chi connectivity index (χ1) is 7.33. The molecule has 2 rings (SSSR count). The summed E-state index contributed by atoms with van der Waals surface area (Å²) in [6.07, 6.45) is 3.65. The molecule has 0 aromatic heterocycles. The number of aliphatic hydroxyl groups excluding tert-OH is 1. The molecule has 0 radical (unpaired) electrons. The van der Waals surface area contributed by atoms with Gasteiger partial charge in [-0.15, -0.1) is 0 Å². The molecular formula is C10H19N3O2. The SMILES string of the molecule is O=C1N(CCO)CCN1N1CCCCC1. The number of hydrogen-bond donors (Lipinski definition) is 1. The van der Waals surface area contributed by atoms with Gasteiger partial charge in [-0.25, -0.2) is 9.80 Å². The molecule has 0 bridgehead atoms. The van der Waals surface area contributed by atoms with Crippen LogP contribution in [0, 0.1) is 0 Å². The van der Waals surface area contributed by atoms with Crippen LogP contribution in [0.1, 0.15) is 19.3 Å². The second-order valence-electron chi connectivity index (χ2n) is 4.13. The van der Waals surface area contributed by atoms with E-state index < -0.39 is 0 Å². The van der Waals surface area contributed by atoms with Crippen molar-refractivity contribution in [3.8, 4) is 0 Å². The van der Waals surface area contributed by atoms with Crippen molar-refractivity contribution < 1.29 is 9.90 Å². The maximum atomic E-state index is 11.9.